The Labute approximate surface area is 199 Å². The number of hydrogen-bond acceptors (Lipinski definition) is 8. The maximum absolute atomic E-state index is 11.7. The van der Waals surface area contributed by atoms with Gasteiger partial charge in [-0.3, -0.25) is 4.98 Å². The second-order valence-corrected chi connectivity index (χ2v) is 8.91. The Kier molecular flexibility index (Phi) is 7.60. The summed E-state index contributed by atoms with van der Waals surface area (Å²) in [6.07, 6.45) is 0.706. The molecule has 34 heavy (non-hydrogen) atoms. The SMILES string of the molecule is COc1ccc(CNc2nc(NC(C)CN(C(=O)O)C(C)(C)C)c3ncccc3n2)c(OC)c1. The van der Waals surface area contributed by atoms with Crippen molar-refractivity contribution in [3.8, 4) is 11.5 Å². The minimum atomic E-state index is -0.970. The Bertz CT molecular complexity index is 1150. The Morgan fingerprint density at radius 1 is 1.18 bits per heavy atom. The monoisotopic (exact) mass is 468 g/mol. The molecule has 0 aliphatic heterocycles. The van der Waals surface area contributed by atoms with Gasteiger partial charge in [0.15, 0.2) is 5.82 Å². The smallest absolute Gasteiger partial charge is 0.407 e. The van der Waals surface area contributed by atoms with Crippen LogP contribution in [0.4, 0.5) is 16.6 Å². The number of methoxy groups -OCH3 is 2. The van der Waals surface area contributed by atoms with Crippen molar-refractivity contribution in [3.05, 3.63) is 42.1 Å². The van der Waals surface area contributed by atoms with Crippen LogP contribution in [-0.2, 0) is 6.54 Å². The first-order valence-corrected chi connectivity index (χ1v) is 11.0. The fraction of sp³-hybridized carbons (Fsp3) is 0.417. The highest BCUT2D eigenvalue weighted by molar-refractivity contribution is 5.86. The first-order chi connectivity index (χ1) is 16.1. The number of nitrogens with one attached hydrogen (secondary N) is 2. The van der Waals surface area contributed by atoms with Gasteiger partial charge in [0, 0.05) is 42.5 Å². The molecule has 2 aromatic heterocycles. The van der Waals surface area contributed by atoms with Crippen LogP contribution in [0.2, 0.25) is 0 Å². The Hall–Kier alpha value is -3.82. The summed E-state index contributed by atoms with van der Waals surface area (Å²) in [5.41, 5.74) is 1.67. The van der Waals surface area contributed by atoms with Gasteiger partial charge in [-0.05, 0) is 52.0 Å². The third-order valence-corrected chi connectivity index (χ3v) is 5.27. The van der Waals surface area contributed by atoms with Crippen molar-refractivity contribution in [1.29, 1.82) is 0 Å². The number of hydrogen-bond donors (Lipinski definition) is 3. The number of anilines is 2. The lowest BCUT2D eigenvalue weighted by atomic mass is 10.1. The van der Waals surface area contributed by atoms with E-state index in [2.05, 4.69) is 25.6 Å². The first kappa shape index (κ1) is 24.8. The van der Waals surface area contributed by atoms with Gasteiger partial charge in [-0.25, -0.2) is 9.78 Å². The molecule has 0 aliphatic rings. The molecule has 0 radical (unpaired) electrons. The van der Waals surface area contributed by atoms with E-state index in [0.29, 0.717) is 40.8 Å². The highest BCUT2D eigenvalue weighted by Crippen LogP contribution is 2.26. The topological polar surface area (TPSA) is 122 Å². The average molecular weight is 469 g/mol. The van der Waals surface area contributed by atoms with Gasteiger partial charge in [-0.1, -0.05) is 0 Å². The summed E-state index contributed by atoms with van der Waals surface area (Å²) in [7, 11) is 3.22. The number of benzene rings is 1. The van der Waals surface area contributed by atoms with Crippen LogP contribution in [0.3, 0.4) is 0 Å². The molecule has 1 amide bonds. The Morgan fingerprint density at radius 2 is 1.94 bits per heavy atom. The molecule has 182 valence electrons. The molecule has 3 rings (SSSR count). The van der Waals surface area contributed by atoms with Gasteiger partial charge in [0.05, 0.1) is 19.7 Å². The lowest BCUT2D eigenvalue weighted by Crippen LogP contribution is -2.49. The molecular weight excluding hydrogens is 436 g/mol. The van der Waals surface area contributed by atoms with Crippen LogP contribution in [-0.4, -0.2) is 63.4 Å². The predicted octanol–water partition coefficient (Wildman–Crippen LogP) is 4.23. The number of amides is 1. The normalized spacial score (nSPS) is 12.2. The summed E-state index contributed by atoms with van der Waals surface area (Å²) in [4.78, 5) is 26.8. The molecule has 2 heterocycles. The summed E-state index contributed by atoms with van der Waals surface area (Å²) < 4.78 is 10.7. The summed E-state index contributed by atoms with van der Waals surface area (Å²) in [6.45, 7) is 8.22. The summed E-state index contributed by atoms with van der Waals surface area (Å²) in [6, 6.07) is 9.05. The predicted molar refractivity (Wildman–Crippen MR) is 132 cm³/mol. The molecule has 1 aromatic carbocycles. The van der Waals surface area contributed by atoms with Crippen molar-refractivity contribution in [2.45, 2.75) is 45.8 Å². The highest BCUT2D eigenvalue weighted by atomic mass is 16.5. The maximum Gasteiger partial charge on any atom is 0.407 e. The fourth-order valence-corrected chi connectivity index (χ4v) is 3.51. The van der Waals surface area contributed by atoms with Crippen LogP contribution in [0.25, 0.3) is 11.0 Å². The van der Waals surface area contributed by atoms with Crippen molar-refractivity contribution in [3.63, 3.8) is 0 Å². The third-order valence-electron chi connectivity index (χ3n) is 5.27. The molecule has 1 atom stereocenters. The number of nitrogens with zero attached hydrogens (tertiary/aromatic N) is 4. The fourth-order valence-electron chi connectivity index (χ4n) is 3.51. The number of carboxylic acid groups (broad SMARTS) is 1. The lowest BCUT2D eigenvalue weighted by molar-refractivity contribution is 0.0984. The van der Waals surface area contributed by atoms with Gasteiger partial charge < -0.3 is 30.1 Å². The number of carbonyl (C=O) groups is 1. The molecule has 0 spiro atoms. The molecule has 0 bridgehead atoms. The molecule has 10 heteroatoms. The average Bonchev–Trinajstić information content (AvgIpc) is 2.80. The van der Waals surface area contributed by atoms with Crippen LogP contribution in [0.5, 0.6) is 11.5 Å². The van der Waals surface area contributed by atoms with E-state index < -0.39 is 11.6 Å². The highest BCUT2D eigenvalue weighted by Gasteiger charge is 2.27. The molecular formula is C24H32N6O4. The standard InChI is InChI=1S/C24H32N6O4/c1-15(14-30(23(31)32)24(2,3)4)27-21-20-18(8-7-11-25-20)28-22(29-21)26-13-16-9-10-17(33-5)12-19(16)34-6/h7-12,15H,13-14H2,1-6H3,(H,31,32)(H2,26,27,28,29). The van der Waals surface area contributed by atoms with Gasteiger partial charge in [-0.15, -0.1) is 0 Å². The number of ether oxygens (including phenoxy) is 2. The Morgan fingerprint density at radius 3 is 2.59 bits per heavy atom. The summed E-state index contributed by atoms with van der Waals surface area (Å²) >= 11 is 0. The molecule has 0 fully saturated rings. The van der Waals surface area contributed by atoms with Gasteiger partial charge in [0.25, 0.3) is 0 Å². The van der Waals surface area contributed by atoms with E-state index in [-0.39, 0.29) is 12.6 Å². The molecule has 0 aliphatic carbocycles. The van der Waals surface area contributed by atoms with Crippen molar-refractivity contribution in [2.24, 2.45) is 0 Å². The van der Waals surface area contributed by atoms with E-state index in [1.54, 1.807) is 20.4 Å². The summed E-state index contributed by atoms with van der Waals surface area (Å²) in [5, 5.41) is 16.2. The van der Waals surface area contributed by atoms with Crippen LogP contribution in [0.1, 0.15) is 33.3 Å². The number of fused-ring (bicyclic) bond motifs is 1. The van der Waals surface area contributed by atoms with Crippen LogP contribution in [0.15, 0.2) is 36.5 Å². The van der Waals surface area contributed by atoms with E-state index in [4.69, 9.17) is 9.47 Å². The Balaban J connectivity index is 1.84. The molecule has 0 saturated heterocycles. The van der Waals surface area contributed by atoms with Crippen molar-refractivity contribution in [1.82, 2.24) is 19.9 Å². The number of pyridine rings is 1. The zero-order valence-corrected chi connectivity index (χ0v) is 20.4. The van der Waals surface area contributed by atoms with Crippen molar-refractivity contribution in [2.75, 3.05) is 31.4 Å². The van der Waals surface area contributed by atoms with E-state index in [1.807, 2.05) is 58.0 Å². The van der Waals surface area contributed by atoms with E-state index >= 15 is 0 Å². The number of aromatic nitrogens is 3. The van der Waals surface area contributed by atoms with Crippen LogP contribution in [0, 0.1) is 0 Å². The molecule has 3 N–H and O–H groups in total. The molecule has 10 nitrogen and oxygen atoms in total. The minimum Gasteiger partial charge on any atom is -0.497 e. The van der Waals surface area contributed by atoms with Crippen molar-refractivity contribution < 1.29 is 19.4 Å². The van der Waals surface area contributed by atoms with Gasteiger partial charge in [0.1, 0.15) is 17.0 Å². The van der Waals surface area contributed by atoms with Gasteiger partial charge >= 0.3 is 6.09 Å². The van der Waals surface area contributed by atoms with E-state index in [1.165, 1.54) is 4.90 Å². The van der Waals surface area contributed by atoms with Crippen LogP contribution < -0.4 is 20.1 Å². The van der Waals surface area contributed by atoms with Gasteiger partial charge in [0.2, 0.25) is 5.95 Å². The van der Waals surface area contributed by atoms with E-state index in [9.17, 15) is 9.90 Å². The summed E-state index contributed by atoms with van der Waals surface area (Å²) in [5.74, 6) is 2.34. The molecule has 3 aromatic rings. The zero-order valence-electron chi connectivity index (χ0n) is 20.4. The quantitative estimate of drug-likeness (QED) is 0.423. The third kappa shape index (κ3) is 5.94. The van der Waals surface area contributed by atoms with Gasteiger partial charge in [-0.2, -0.15) is 4.98 Å². The number of rotatable bonds is 9. The first-order valence-electron chi connectivity index (χ1n) is 11.0. The van der Waals surface area contributed by atoms with Crippen molar-refractivity contribution >= 4 is 28.9 Å². The van der Waals surface area contributed by atoms with E-state index in [0.717, 1.165) is 5.56 Å². The zero-order chi connectivity index (χ0) is 24.9. The lowest BCUT2D eigenvalue weighted by Gasteiger charge is -2.35. The second kappa shape index (κ2) is 10.4. The second-order valence-electron chi connectivity index (χ2n) is 8.91. The largest absolute Gasteiger partial charge is 0.497 e. The van der Waals surface area contributed by atoms with Crippen LogP contribution >= 0.6 is 0 Å². The molecule has 1 unspecified atom stereocenters. The maximum atomic E-state index is 11.7. The minimum absolute atomic E-state index is 0.218. The molecule has 0 saturated carbocycles.